The van der Waals surface area contributed by atoms with Crippen LogP contribution in [-0.2, 0) is 4.74 Å². The minimum absolute atomic E-state index is 0.586. The number of methoxy groups -OCH3 is 1. The van der Waals surface area contributed by atoms with Crippen molar-refractivity contribution in [1.82, 2.24) is 10.3 Å². The predicted molar refractivity (Wildman–Crippen MR) is 58.8 cm³/mol. The van der Waals surface area contributed by atoms with E-state index in [2.05, 4.69) is 14.9 Å². The Morgan fingerprint density at radius 1 is 1.40 bits per heavy atom. The number of rotatable bonds is 4. The molecule has 0 aliphatic carbocycles. The lowest BCUT2D eigenvalue weighted by Crippen LogP contribution is -1.92. The van der Waals surface area contributed by atoms with Gasteiger partial charge < -0.3 is 10.5 Å². The minimum atomic E-state index is 0.586. The molecule has 5 nitrogen and oxygen atoms in total. The second-order valence-electron chi connectivity index (χ2n) is 2.96. The normalized spacial score (nSPS) is 11.0. The van der Waals surface area contributed by atoms with Crippen molar-refractivity contribution in [2.75, 3.05) is 25.2 Å². The third kappa shape index (κ3) is 2.05. The van der Waals surface area contributed by atoms with Crippen molar-refractivity contribution in [1.29, 1.82) is 0 Å². The van der Waals surface area contributed by atoms with Gasteiger partial charge in [0.25, 0.3) is 0 Å². The maximum Gasteiger partial charge on any atom is 0.159 e. The zero-order valence-electron chi connectivity index (χ0n) is 8.27. The zero-order chi connectivity index (χ0) is 10.7. The lowest BCUT2D eigenvalue weighted by Gasteiger charge is -2.01. The Morgan fingerprint density at radius 2 is 2.20 bits per heavy atom. The van der Waals surface area contributed by atoms with Crippen LogP contribution in [0.1, 0.15) is 0 Å². The van der Waals surface area contributed by atoms with Gasteiger partial charge in [-0.15, -0.1) is 11.8 Å². The van der Waals surface area contributed by atoms with E-state index in [4.69, 9.17) is 10.5 Å². The molecule has 0 aliphatic heterocycles. The van der Waals surface area contributed by atoms with E-state index >= 15 is 0 Å². The lowest BCUT2D eigenvalue weighted by molar-refractivity contribution is 0.218. The standard InChI is InChI=1S/C9H11N3O2S/c1-13-4-5-15-7-3-2-6(10)8-9(7)12-14-11-8/h2-3H,4-5,10H2,1H3. The first kappa shape index (κ1) is 10.3. The number of nitrogens with zero attached hydrogens (tertiary/aromatic N) is 2. The molecule has 2 aromatic rings. The van der Waals surface area contributed by atoms with Gasteiger partial charge in [-0.3, -0.25) is 0 Å². The van der Waals surface area contributed by atoms with E-state index in [1.54, 1.807) is 18.9 Å². The van der Waals surface area contributed by atoms with Gasteiger partial charge in [0.05, 0.1) is 12.3 Å². The fourth-order valence-corrected chi connectivity index (χ4v) is 2.12. The zero-order valence-corrected chi connectivity index (χ0v) is 9.08. The molecule has 0 saturated carbocycles. The van der Waals surface area contributed by atoms with Crippen LogP contribution in [0.2, 0.25) is 0 Å². The summed E-state index contributed by atoms with van der Waals surface area (Å²) < 4.78 is 9.64. The second kappa shape index (κ2) is 4.50. The summed E-state index contributed by atoms with van der Waals surface area (Å²) in [4.78, 5) is 1.01. The molecule has 6 heteroatoms. The first-order valence-electron chi connectivity index (χ1n) is 4.45. The van der Waals surface area contributed by atoms with Gasteiger partial charge in [0.2, 0.25) is 0 Å². The molecule has 0 spiro atoms. The van der Waals surface area contributed by atoms with Gasteiger partial charge in [0.15, 0.2) is 11.0 Å². The van der Waals surface area contributed by atoms with Crippen LogP contribution in [0.5, 0.6) is 0 Å². The van der Waals surface area contributed by atoms with Crippen molar-refractivity contribution in [2.24, 2.45) is 0 Å². The number of thioether (sulfide) groups is 1. The van der Waals surface area contributed by atoms with E-state index in [1.807, 2.05) is 12.1 Å². The molecule has 80 valence electrons. The quantitative estimate of drug-likeness (QED) is 0.483. The number of aromatic nitrogens is 2. The van der Waals surface area contributed by atoms with Crippen LogP contribution in [0.15, 0.2) is 21.7 Å². The third-order valence-corrected chi connectivity index (χ3v) is 2.97. The average Bonchev–Trinajstić information content (AvgIpc) is 2.71. The molecule has 0 aliphatic rings. The number of hydrogen-bond acceptors (Lipinski definition) is 6. The molecule has 1 heterocycles. The first-order chi connectivity index (χ1) is 7.33. The Labute approximate surface area is 90.9 Å². The molecule has 15 heavy (non-hydrogen) atoms. The number of benzene rings is 1. The van der Waals surface area contributed by atoms with Crippen LogP contribution >= 0.6 is 11.8 Å². The summed E-state index contributed by atoms with van der Waals surface area (Å²) in [7, 11) is 1.68. The van der Waals surface area contributed by atoms with E-state index in [9.17, 15) is 0 Å². The summed E-state index contributed by atoms with van der Waals surface area (Å²) >= 11 is 1.64. The van der Waals surface area contributed by atoms with E-state index in [0.717, 1.165) is 16.2 Å². The first-order valence-corrected chi connectivity index (χ1v) is 5.44. The minimum Gasteiger partial charge on any atom is -0.397 e. The summed E-state index contributed by atoms with van der Waals surface area (Å²) in [5, 5.41) is 7.58. The van der Waals surface area contributed by atoms with Crippen molar-refractivity contribution in [3.05, 3.63) is 12.1 Å². The van der Waals surface area contributed by atoms with Gasteiger partial charge in [-0.1, -0.05) is 0 Å². The van der Waals surface area contributed by atoms with E-state index < -0.39 is 0 Å². The highest BCUT2D eigenvalue weighted by Gasteiger charge is 2.09. The number of nitrogen functional groups attached to an aromatic ring is 1. The Bertz CT molecular complexity index is 458. The van der Waals surface area contributed by atoms with E-state index in [0.29, 0.717) is 17.8 Å². The maximum absolute atomic E-state index is 5.73. The van der Waals surface area contributed by atoms with Crippen molar-refractivity contribution in [2.45, 2.75) is 4.90 Å². The number of hydrogen-bond donors (Lipinski definition) is 1. The summed E-state index contributed by atoms with van der Waals surface area (Å²) in [6, 6.07) is 3.73. The largest absolute Gasteiger partial charge is 0.397 e. The second-order valence-corrected chi connectivity index (χ2v) is 4.09. The smallest absolute Gasteiger partial charge is 0.159 e. The molecule has 0 saturated heterocycles. The van der Waals surface area contributed by atoms with Gasteiger partial charge >= 0.3 is 0 Å². The molecule has 1 aromatic carbocycles. The molecule has 0 amide bonds. The van der Waals surface area contributed by atoms with Crippen LogP contribution in [0, 0.1) is 0 Å². The third-order valence-electron chi connectivity index (χ3n) is 1.95. The molecule has 1 aromatic heterocycles. The van der Waals surface area contributed by atoms with E-state index in [-0.39, 0.29) is 0 Å². The predicted octanol–water partition coefficient (Wildman–Crippen LogP) is 1.54. The number of anilines is 1. The summed E-state index contributed by atoms with van der Waals surface area (Å²) in [6.45, 7) is 0.696. The van der Waals surface area contributed by atoms with Gasteiger partial charge in [0, 0.05) is 17.8 Å². The molecule has 0 atom stereocenters. The molecule has 2 rings (SSSR count). The van der Waals surface area contributed by atoms with Crippen molar-refractivity contribution in [3.63, 3.8) is 0 Å². The van der Waals surface area contributed by atoms with Crippen LogP contribution < -0.4 is 5.73 Å². The highest BCUT2D eigenvalue weighted by atomic mass is 32.2. The van der Waals surface area contributed by atoms with Crippen molar-refractivity contribution < 1.29 is 9.37 Å². The van der Waals surface area contributed by atoms with Crippen LogP contribution in [-0.4, -0.2) is 29.8 Å². The van der Waals surface area contributed by atoms with Gasteiger partial charge in [-0.05, 0) is 22.4 Å². The van der Waals surface area contributed by atoms with Gasteiger partial charge in [-0.25, -0.2) is 4.63 Å². The van der Waals surface area contributed by atoms with Crippen LogP contribution in [0.4, 0.5) is 5.69 Å². The maximum atomic E-state index is 5.73. The molecular weight excluding hydrogens is 214 g/mol. The Hall–Kier alpha value is -1.27. The SMILES string of the molecule is COCCSc1ccc(N)c2nonc12. The summed E-state index contributed by atoms with van der Waals surface area (Å²) in [6.07, 6.45) is 0. The molecule has 2 N–H and O–H groups in total. The molecule has 0 unspecified atom stereocenters. The van der Waals surface area contributed by atoms with Gasteiger partial charge in [-0.2, -0.15) is 0 Å². The van der Waals surface area contributed by atoms with Gasteiger partial charge in [0.1, 0.15) is 0 Å². The number of fused-ring (bicyclic) bond motifs is 1. The number of ether oxygens (including phenoxy) is 1. The Balaban J connectivity index is 2.27. The molecule has 0 fully saturated rings. The summed E-state index contributed by atoms with van der Waals surface area (Å²) in [5.41, 5.74) is 7.65. The molecule has 0 radical (unpaired) electrons. The highest BCUT2D eigenvalue weighted by molar-refractivity contribution is 7.99. The topological polar surface area (TPSA) is 74.2 Å². The highest BCUT2D eigenvalue weighted by Crippen LogP contribution is 2.28. The number of nitrogens with two attached hydrogens (primary N) is 1. The fourth-order valence-electron chi connectivity index (χ4n) is 1.21. The van der Waals surface area contributed by atoms with E-state index in [1.165, 1.54) is 0 Å². The Morgan fingerprint density at radius 3 is 3.00 bits per heavy atom. The van der Waals surface area contributed by atoms with Crippen LogP contribution in [0.3, 0.4) is 0 Å². The Kier molecular flexibility index (Phi) is 3.08. The monoisotopic (exact) mass is 225 g/mol. The van der Waals surface area contributed by atoms with Crippen LogP contribution in [0.25, 0.3) is 11.0 Å². The summed E-state index contributed by atoms with van der Waals surface area (Å²) in [5.74, 6) is 0.863. The van der Waals surface area contributed by atoms with Crippen molar-refractivity contribution >= 4 is 28.5 Å². The molecule has 0 bridgehead atoms. The average molecular weight is 225 g/mol. The fraction of sp³-hybridized carbons (Fsp3) is 0.333. The van der Waals surface area contributed by atoms with Crippen molar-refractivity contribution in [3.8, 4) is 0 Å². The molecular formula is C9H11N3O2S. The lowest BCUT2D eigenvalue weighted by atomic mass is 10.3.